The van der Waals surface area contributed by atoms with Gasteiger partial charge >= 0.3 is 0 Å². The number of carbonyl (C=O) groups excluding carboxylic acids is 1. The first kappa shape index (κ1) is 71.4. The SMILES string of the molecule is CC/C=C\C/C=C\C/C=C\C/C=C\C/C=C\CCCCCCCCCCCCCC(=O)NC(COC1OC(CO)C(O)C(O)C1O)C(O)/C=C/CC/C=C/CCCCCCCCCCCCCCCCCCCCCC. The monoisotopic (exact) mass is 1070 g/mol. The Morgan fingerprint density at radius 2 is 0.829 bits per heavy atom. The molecule has 76 heavy (non-hydrogen) atoms. The van der Waals surface area contributed by atoms with Gasteiger partial charge in [0.25, 0.3) is 0 Å². The van der Waals surface area contributed by atoms with Gasteiger partial charge in [-0.2, -0.15) is 0 Å². The van der Waals surface area contributed by atoms with Crippen LogP contribution in [-0.2, 0) is 14.3 Å². The molecule has 0 aromatic heterocycles. The maximum Gasteiger partial charge on any atom is 0.220 e. The summed E-state index contributed by atoms with van der Waals surface area (Å²) in [6.45, 7) is 3.67. The highest BCUT2D eigenvalue weighted by Gasteiger charge is 2.44. The molecule has 440 valence electrons. The Balaban J connectivity index is 2.21. The van der Waals surface area contributed by atoms with Crippen molar-refractivity contribution in [2.24, 2.45) is 0 Å². The minimum atomic E-state index is -1.58. The van der Waals surface area contributed by atoms with Crippen LogP contribution in [0.15, 0.2) is 85.1 Å². The fraction of sp³-hybridized carbons (Fsp3) is 0.776. The number of nitrogens with one attached hydrogen (secondary N) is 1. The fourth-order valence-corrected chi connectivity index (χ4v) is 9.73. The zero-order valence-electron chi connectivity index (χ0n) is 49.0. The topological polar surface area (TPSA) is 149 Å². The summed E-state index contributed by atoms with van der Waals surface area (Å²) in [6, 6.07) is -0.830. The van der Waals surface area contributed by atoms with Crippen LogP contribution in [0.5, 0.6) is 0 Å². The summed E-state index contributed by atoms with van der Waals surface area (Å²) < 4.78 is 11.3. The Morgan fingerprint density at radius 3 is 1.26 bits per heavy atom. The van der Waals surface area contributed by atoms with Crippen LogP contribution in [0.25, 0.3) is 0 Å². The third kappa shape index (κ3) is 44.2. The van der Waals surface area contributed by atoms with Crippen LogP contribution in [0.4, 0.5) is 0 Å². The van der Waals surface area contributed by atoms with Gasteiger partial charge in [0.05, 0.1) is 25.4 Å². The first-order chi connectivity index (χ1) is 37.3. The first-order valence-corrected chi connectivity index (χ1v) is 31.8. The van der Waals surface area contributed by atoms with Crippen molar-refractivity contribution in [3.05, 3.63) is 85.1 Å². The van der Waals surface area contributed by atoms with E-state index < -0.39 is 49.5 Å². The Hall–Kier alpha value is -2.63. The number of allylic oxidation sites excluding steroid dienone is 13. The Morgan fingerprint density at radius 1 is 0.461 bits per heavy atom. The number of unbranched alkanes of at least 4 members (excludes halogenated alkanes) is 32. The lowest BCUT2D eigenvalue weighted by molar-refractivity contribution is -0.302. The van der Waals surface area contributed by atoms with Crippen molar-refractivity contribution < 1.29 is 39.8 Å². The molecule has 0 saturated carbocycles. The maximum absolute atomic E-state index is 13.1. The largest absolute Gasteiger partial charge is 0.394 e. The Bertz CT molecular complexity index is 1470. The second-order valence-corrected chi connectivity index (χ2v) is 21.8. The molecule has 0 aromatic carbocycles. The summed E-state index contributed by atoms with van der Waals surface area (Å²) >= 11 is 0. The van der Waals surface area contributed by atoms with Gasteiger partial charge in [-0.1, -0.05) is 279 Å². The quantitative estimate of drug-likeness (QED) is 0.0261. The van der Waals surface area contributed by atoms with Crippen LogP contribution in [-0.4, -0.2) is 87.5 Å². The summed E-state index contributed by atoms with van der Waals surface area (Å²) in [4.78, 5) is 13.1. The molecule has 1 heterocycles. The van der Waals surface area contributed by atoms with Gasteiger partial charge in [0.2, 0.25) is 5.91 Å². The van der Waals surface area contributed by atoms with E-state index in [1.54, 1.807) is 6.08 Å². The molecule has 1 aliphatic heterocycles. The number of carbonyl (C=O) groups is 1. The molecule has 1 aliphatic rings. The van der Waals surface area contributed by atoms with Gasteiger partial charge in [0.15, 0.2) is 6.29 Å². The molecular weight excluding hydrogens is 947 g/mol. The normalized spacial score (nSPS) is 19.4. The molecule has 1 saturated heterocycles. The predicted molar refractivity (Wildman–Crippen MR) is 322 cm³/mol. The maximum atomic E-state index is 13.1. The lowest BCUT2D eigenvalue weighted by Gasteiger charge is -2.40. The molecule has 9 nitrogen and oxygen atoms in total. The van der Waals surface area contributed by atoms with E-state index in [-0.39, 0.29) is 12.5 Å². The predicted octanol–water partition coefficient (Wildman–Crippen LogP) is 16.6. The number of aliphatic hydroxyl groups excluding tert-OH is 5. The number of hydrogen-bond donors (Lipinski definition) is 6. The van der Waals surface area contributed by atoms with Crippen LogP contribution in [0.3, 0.4) is 0 Å². The summed E-state index contributed by atoms with van der Waals surface area (Å²) in [5.74, 6) is -0.191. The van der Waals surface area contributed by atoms with E-state index in [4.69, 9.17) is 9.47 Å². The minimum Gasteiger partial charge on any atom is -0.394 e. The molecule has 6 N–H and O–H groups in total. The Labute approximate surface area is 467 Å². The zero-order valence-corrected chi connectivity index (χ0v) is 49.0. The third-order valence-electron chi connectivity index (χ3n) is 14.7. The Kier molecular flexibility index (Phi) is 52.3. The molecule has 7 unspecified atom stereocenters. The number of amides is 1. The van der Waals surface area contributed by atoms with Gasteiger partial charge in [-0.3, -0.25) is 4.79 Å². The highest BCUT2D eigenvalue weighted by Crippen LogP contribution is 2.23. The minimum absolute atomic E-state index is 0.191. The molecule has 0 bridgehead atoms. The van der Waals surface area contributed by atoms with Crippen molar-refractivity contribution >= 4 is 5.91 Å². The highest BCUT2D eigenvalue weighted by atomic mass is 16.7. The van der Waals surface area contributed by atoms with E-state index in [1.165, 1.54) is 180 Å². The van der Waals surface area contributed by atoms with Crippen LogP contribution in [0.1, 0.15) is 277 Å². The summed E-state index contributed by atoms with van der Waals surface area (Å²) in [7, 11) is 0. The van der Waals surface area contributed by atoms with Crippen LogP contribution >= 0.6 is 0 Å². The number of hydrogen-bond acceptors (Lipinski definition) is 8. The second kappa shape index (κ2) is 55.7. The van der Waals surface area contributed by atoms with Crippen molar-refractivity contribution in [3.63, 3.8) is 0 Å². The molecule has 7 atom stereocenters. The van der Waals surface area contributed by atoms with E-state index >= 15 is 0 Å². The molecule has 9 heteroatoms. The molecule has 0 spiro atoms. The number of aliphatic hydroxyl groups is 5. The van der Waals surface area contributed by atoms with Crippen molar-refractivity contribution in [1.82, 2.24) is 5.32 Å². The average molecular weight is 1070 g/mol. The van der Waals surface area contributed by atoms with E-state index in [9.17, 15) is 30.3 Å². The zero-order chi connectivity index (χ0) is 55.0. The van der Waals surface area contributed by atoms with Crippen molar-refractivity contribution in [2.45, 2.75) is 320 Å². The third-order valence-corrected chi connectivity index (χ3v) is 14.7. The van der Waals surface area contributed by atoms with Crippen molar-refractivity contribution in [1.29, 1.82) is 0 Å². The van der Waals surface area contributed by atoms with Crippen LogP contribution in [0.2, 0.25) is 0 Å². The first-order valence-electron chi connectivity index (χ1n) is 31.8. The summed E-state index contributed by atoms with van der Waals surface area (Å²) in [5, 5.41) is 54.6. The van der Waals surface area contributed by atoms with Gasteiger partial charge < -0.3 is 40.3 Å². The summed E-state index contributed by atoms with van der Waals surface area (Å²) in [6.07, 6.45) is 72.3. The van der Waals surface area contributed by atoms with E-state index in [1.807, 2.05) is 6.08 Å². The van der Waals surface area contributed by atoms with E-state index in [0.29, 0.717) is 6.42 Å². The molecular formula is C67H119NO8. The molecule has 1 rings (SSSR count). The van der Waals surface area contributed by atoms with Crippen LogP contribution < -0.4 is 5.32 Å². The lowest BCUT2D eigenvalue weighted by Crippen LogP contribution is -2.60. The van der Waals surface area contributed by atoms with Gasteiger partial charge in [0, 0.05) is 6.42 Å². The van der Waals surface area contributed by atoms with Crippen molar-refractivity contribution in [3.8, 4) is 0 Å². The van der Waals surface area contributed by atoms with Gasteiger partial charge in [-0.25, -0.2) is 0 Å². The van der Waals surface area contributed by atoms with Gasteiger partial charge in [0.1, 0.15) is 24.4 Å². The number of rotatable bonds is 54. The summed E-state index contributed by atoms with van der Waals surface area (Å²) in [5.41, 5.74) is 0. The van der Waals surface area contributed by atoms with E-state index in [2.05, 4.69) is 92.1 Å². The molecule has 1 amide bonds. The molecule has 0 radical (unpaired) electrons. The van der Waals surface area contributed by atoms with Crippen LogP contribution in [0, 0.1) is 0 Å². The molecule has 0 aromatic rings. The molecule has 0 aliphatic carbocycles. The van der Waals surface area contributed by atoms with Gasteiger partial charge in [-0.05, 0) is 77.0 Å². The number of ether oxygens (including phenoxy) is 2. The highest BCUT2D eigenvalue weighted by molar-refractivity contribution is 5.76. The average Bonchev–Trinajstić information content (AvgIpc) is 3.42. The standard InChI is InChI=1S/C67H119NO8/c1-3-5-7-9-11-13-15-17-19-21-23-25-27-29-31-33-35-37-39-41-43-45-47-49-51-53-55-57-63(71)68-60(59-75-67-66(74)65(73)64(72)62(58-69)76-67)61(70)56-54-52-50-48-46-44-42-40-38-36-34-32-30-28-26-24-22-20-18-16-14-12-10-8-6-4-2/h5,7,11,13,17,19,23,25,29,31,46,48,54,56,60-62,64-67,69-70,72-74H,3-4,6,8-10,12,14-16,18,20-22,24,26-28,30,32-45,47,49-53,55,57-59H2,1-2H3,(H,68,71)/b7-5-,13-11-,19-17-,25-23-,31-29-,48-46+,56-54+. The lowest BCUT2D eigenvalue weighted by atomic mass is 9.99. The fourth-order valence-electron chi connectivity index (χ4n) is 9.73. The van der Waals surface area contributed by atoms with Crippen molar-refractivity contribution in [2.75, 3.05) is 13.2 Å². The van der Waals surface area contributed by atoms with Gasteiger partial charge in [-0.15, -0.1) is 0 Å². The van der Waals surface area contributed by atoms with E-state index in [0.717, 1.165) is 77.0 Å². The molecule has 1 fully saturated rings. The smallest absolute Gasteiger partial charge is 0.220 e. The second-order valence-electron chi connectivity index (χ2n) is 21.8.